The summed E-state index contributed by atoms with van der Waals surface area (Å²) in [5.74, 6) is -0.0844. The Morgan fingerprint density at radius 1 is 0.762 bits per heavy atom. The van der Waals surface area contributed by atoms with Gasteiger partial charge in [-0.2, -0.15) is 0 Å². The van der Waals surface area contributed by atoms with Crippen LogP contribution in [0.4, 0.5) is 0 Å². The maximum Gasteiger partial charge on any atom is 0.153 e. The van der Waals surface area contributed by atoms with Crippen molar-refractivity contribution in [2.75, 3.05) is 0 Å². The number of hydrogen-bond donors (Lipinski definition) is 2. The molecule has 0 aliphatic rings. The number of rotatable bonds is 2. The number of phenolic OH excluding ortho intramolecular Hbond substituents is 2. The number of benzene rings is 2. The van der Waals surface area contributed by atoms with Gasteiger partial charge >= 0.3 is 0 Å². The summed E-state index contributed by atoms with van der Waals surface area (Å²) in [6.07, 6.45) is 1.11. The van der Waals surface area contributed by atoms with Crippen molar-refractivity contribution >= 4 is 35.8 Å². The summed E-state index contributed by atoms with van der Waals surface area (Å²) >= 11 is 11.1. The van der Waals surface area contributed by atoms with Crippen LogP contribution in [-0.4, -0.2) is 22.8 Å². The van der Waals surface area contributed by atoms with E-state index in [0.717, 1.165) is 0 Å². The van der Waals surface area contributed by atoms with E-state index in [1.807, 2.05) is 0 Å². The van der Waals surface area contributed by atoms with Crippen LogP contribution < -0.4 is 0 Å². The van der Waals surface area contributed by atoms with Crippen LogP contribution >= 0.6 is 23.2 Å². The second kappa shape index (κ2) is 9.42. The quantitative estimate of drug-likeness (QED) is 0.619. The maximum atomic E-state index is 10.2. The molecule has 2 N–H and O–H groups in total. The molecular formula is C14H10Cl2CuO4. The minimum Gasteiger partial charge on any atom is -0.507 e. The Labute approximate surface area is 141 Å². The molecule has 21 heavy (non-hydrogen) atoms. The van der Waals surface area contributed by atoms with Gasteiger partial charge in [0.15, 0.2) is 12.6 Å². The van der Waals surface area contributed by atoms with Crippen molar-refractivity contribution in [3.05, 3.63) is 57.6 Å². The largest absolute Gasteiger partial charge is 0.507 e. The van der Waals surface area contributed by atoms with Gasteiger partial charge in [-0.05, 0) is 36.4 Å². The van der Waals surface area contributed by atoms with Crippen LogP contribution in [-0.2, 0) is 17.1 Å². The molecule has 1 radical (unpaired) electrons. The molecule has 2 aromatic carbocycles. The second-order valence-electron chi connectivity index (χ2n) is 3.64. The molecule has 0 saturated carbocycles. The molecule has 0 amide bonds. The number of carbonyl (C=O) groups is 2. The smallest absolute Gasteiger partial charge is 0.153 e. The predicted molar refractivity (Wildman–Crippen MR) is 77.0 cm³/mol. The van der Waals surface area contributed by atoms with E-state index in [1.165, 1.54) is 36.4 Å². The van der Waals surface area contributed by atoms with E-state index in [-0.39, 0.29) is 39.7 Å². The van der Waals surface area contributed by atoms with Crippen molar-refractivity contribution in [2.45, 2.75) is 0 Å². The molecule has 2 rings (SSSR count). The minimum absolute atomic E-state index is 0. The molecule has 0 bridgehead atoms. The number of carbonyl (C=O) groups excluding carboxylic acids is 2. The van der Waals surface area contributed by atoms with Crippen molar-refractivity contribution in [1.82, 2.24) is 0 Å². The van der Waals surface area contributed by atoms with Crippen LogP contribution in [0.15, 0.2) is 36.4 Å². The zero-order valence-corrected chi connectivity index (χ0v) is 12.8. The van der Waals surface area contributed by atoms with Gasteiger partial charge in [0.2, 0.25) is 0 Å². The van der Waals surface area contributed by atoms with Crippen LogP contribution in [0.3, 0.4) is 0 Å². The Morgan fingerprint density at radius 3 is 1.33 bits per heavy atom. The normalized spacial score (nSPS) is 8.86. The number of aromatic hydroxyl groups is 2. The SMILES string of the molecule is O=Cc1cc(Cl)ccc1O.O=Cc1cc(Cl)ccc1O.[Cu]. The molecular weight excluding hydrogens is 367 g/mol. The molecule has 0 unspecified atom stereocenters. The monoisotopic (exact) mass is 375 g/mol. The van der Waals surface area contributed by atoms with E-state index in [2.05, 4.69) is 0 Å². The van der Waals surface area contributed by atoms with E-state index in [0.29, 0.717) is 22.6 Å². The first-order valence-corrected chi connectivity index (χ1v) is 6.11. The van der Waals surface area contributed by atoms with Crippen molar-refractivity contribution in [1.29, 1.82) is 0 Å². The van der Waals surface area contributed by atoms with Gasteiger partial charge in [-0.15, -0.1) is 0 Å². The standard InChI is InChI=1S/2C7H5ClO2.Cu/c2*8-6-1-2-7(10)5(3-6)4-9;/h2*1-4,10H;. The van der Waals surface area contributed by atoms with Crippen molar-refractivity contribution in [2.24, 2.45) is 0 Å². The third-order valence-corrected chi connectivity index (χ3v) is 2.70. The predicted octanol–water partition coefficient (Wildman–Crippen LogP) is 3.71. The van der Waals surface area contributed by atoms with Gasteiger partial charge in [-0.3, -0.25) is 9.59 Å². The summed E-state index contributed by atoms with van der Waals surface area (Å²) < 4.78 is 0. The van der Waals surface area contributed by atoms with Crippen LogP contribution in [0.2, 0.25) is 10.0 Å². The van der Waals surface area contributed by atoms with E-state index in [1.54, 1.807) is 0 Å². The number of phenols is 2. The average molecular weight is 377 g/mol. The Morgan fingerprint density at radius 2 is 1.10 bits per heavy atom. The van der Waals surface area contributed by atoms with E-state index < -0.39 is 0 Å². The summed E-state index contributed by atoms with van der Waals surface area (Å²) in [5.41, 5.74) is 0.431. The molecule has 0 heterocycles. The molecule has 4 nitrogen and oxygen atoms in total. The fraction of sp³-hybridized carbons (Fsp3) is 0. The van der Waals surface area contributed by atoms with Gasteiger partial charge in [0.1, 0.15) is 11.5 Å². The van der Waals surface area contributed by atoms with Gasteiger partial charge in [0.05, 0.1) is 11.1 Å². The van der Waals surface area contributed by atoms with Gasteiger partial charge in [-0.25, -0.2) is 0 Å². The summed E-state index contributed by atoms with van der Waals surface area (Å²) in [4.78, 5) is 20.3. The van der Waals surface area contributed by atoms with Crippen molar-refractivity contribution in [3.63, 3.8) is 0 Å². The topological polar surface area (TPSA) is 74.6 Å². The van der Waals surface area contributed by atoms with E-state index in [9.17, 15) is 9.59 Å². The number of hydrogen-bond acceptors (Lipinski definition) is 4. The van der Waals surface area contributed by atoms with Crippen molar-refractivity contribution < 1.29 is 36.9 Å². The molecule has 0 aliphatic heterocycles. The minimum atomic E-state index is -0.0422. The van der Waals surface area contributed by atoms with E-state index in [4.69, 9.17) is 33.4 Å². The van der Waals surface area contributed by atoms with Crippen LogP contribution in [0.25, 0.3) is 0 Å². The molecule has 0 fully saturated rings. The third-order valence-electron chi connectivity index (χ3n) is 2.23. The Balaban J connectivity index is 0.000000364. The maximum absolute atomic E-state index is 10.2. The van der Waals surface area contributed by atoms with Gasteiger partial charge in [0.25, 0.3) is 0 Å². The first-order valence-electron chi connectivity index (χ1n) is 5.35. The zero-order valence-electron chi connectivity index (χ0n) is 10.4. The molecule has 0 aromatic heterocycles. The number of halogens is 2. The second-order valence-corrected chi connectivity index (χ2v) is 4.51. The summed E-state index contributed by atoms with van der Waals surface area (Å²) in [5, 5.41) is 18.8. The fourth-order valence-electron chi connectivity index (χ4n) is 1.24. The zero-order chi connectivity index (χ0) is 15.1. The van der Waals surface area contributed by atoms with E-state index >= 15 is 0 Å². The van der Waals surface area contributed by atoms with Crippen LogP contribution in [0.1, 0.15) is 20.7 Å². The number of aldehydes is 2. The molecule has 0 aliphatic carbocycles. The Bertz CT molecular complexity index is 577. The first-order chi connectivity index (χ1) is 9.47. The third kappa shape index (κ3) is 6.19. The van der Waals surface area contributed by atoms with Gasteiger partial charge in [-0.1, -0.05) is 23.2 Å². The molecule has 0 saturated heterocycles. The molecule has 2 aromatic rings. The molecule has 0 spiro atoms. The summed E-state index contributed by atoms with van der Waals surface area (Å²) in [6.45, 7) is 0. The molecule has 0 atom stereocenters. The van der Waals surface area contributed by atoms with Crippen LogP contribution in [0.5, 0.6) is 11.5 Å². The molecule has 115 valence electrons. The van der Waals surface area contributed by atoms with Gasteiger partial charge < -0.3 is 10.2 Å². The Kier molecular flexibility index (Phi) is 8.74. The van der Waals surface area contributed by atoms with Crippen molar-refractivity contribution in [3.8, 4) is 11.5 Å². The summed E-state index contributed by atoms with van der Waals surface area (Å²) in [6, 6.07) is 8.61. The summed E-state index contributed by atoms with van der Waals surface area (Å²) in [7, 11) is 0. The Hall–Kier alpha value is -1.52. The van der Waals surface area contributed by atoms with Gasteiger partial charge in [0, 0.05) is 27.1 Å². The average Bonchev–Trinajstić information content (AvgIpc) is 2.44. The van der Waals surface area contributed by atoms with Crippen LogP contribution in [0, 0.1) is 0 Å². The first kappa shape index (κ1) is 19.5. The fourth-order valence-corrected chi connectivity index (χ4v) is 1.60. The molecule has 7 heteroatoms.